The molecule has 0 aromatic carbocycles. The number of carbonyl (C=O) groups excluding carboxylic acids is 2. The molecule has 0 saturated heterocycles. The van der Waals surface area contributed by atoms with Gasteiger partial charge in [-0.3, -0.25) is 0 Å². The molecule has 0 heterocycles. The highest BCUT2D eigenvalue weighted by Crippen LogP contribution is 2.06. The van der Waals surface area contributed by atoms with E-state index in [1.807, 2.05) is 13.8 Å². The summed E-state index contributed by atoms with van der Waals surface area (Å²) in [5, 5.41) is 5.13. The normalized spacial score (nSPS) is 10.6. The van der Waals surface area contributed by atoms with E-state index in [-0.39, 0.29) is 0 Å². The predicted molar refractivity (Wildman–Crippen MR) is 67.0 cm³/mol. The van der Waals surface area contributed by atoms with E-state index >= 15 is 0 Å². The third-order valence-corrected chi connectivity index (χ3v) is 3.07. The minimum atomic E-state index is -2.75. The van der Waals surface area contributed by atoms with Gasteiger partial charge in [0.1, 0.15) is 0 Å². The van der Waals surface area contributed by atoms with Gasteiger partial charge >= 0.3 is 20.7 Å². The Balaban J connectivity index is 4.01. The van der Waals surface area contributed by atoms with Crippen LogP contribution in [0.3, 0.4) is 0 Å². The standard InChI is InChI=1S/C10H22N2O4Si/c1-5-7-11-9(13)15-17(3,4)16-10(14)12-8-6-2/h5-8H2,1-4H3,(H,11,13)(H,12,14). The Bertz CT molecular complexity index is 235. The highest BCUT2D eigenvalue weighted by molar-refractivity contribution is 6.67. The third-order valence-electron chi connectivity index (χ3n) is 1.72. The molecule has 100 valence electrons. The molecule has 0 rings (SSSR count). The van der Waals surface area contributed by atoms with Gasteiger partial charge in [-0.1, -0.05) is 13.8 Å². The summed E-state index contributed by atoms with van der Waals surface area (Å²) in [6.07, 6.45) is 0.586. The molecule has 0 aliphatic carbocycles. The Labute approximate surface area is 103 Å². The molecular formula is C10H22N2O4Si. The van der Waals surface area contributed by atoms with Gasteiger partial charge in [0.25, 0.3) is 0 Å². The summed E-state index contributed by atoms with van der Waals surface area (Å²) in [6.45, 7) is 8.26. The molecular weight excluding hydrogens is 240 g/mol. The van der Waals surface area contributed by atoms with Crippen molar-refractivity contribution in [1.29, 1.82) is 0 Å². The Morgan fingerprint density at radius 1 is 0.941 bits per heavy atom. The lowest BCUT2D eigenvalue weighted by Crippen LogP contribution is -2.45. The quantitative estimate of drug-likeness (QED) is 0.717. The molecule has 0 atom stereocenters. The number of carbonyl (C=O) groups is 2. The Hall–Kier alpha value is -1.24. The van der Waals surface area contributed by atoms with Crippen LogP contribution in [0.2, 0.25) is 13.1 Å². The zero-order valence-corrected chi connectivity index (χ0v) is 12.0. The fourth-order valence-electron chi connectivity index (χ4n) is 0.994. The van der Waals surface area contributed by atoms with Crippen molar-refractivity contribution in [2.45, 2.75) is 39.8 Å². The Morgan fingerprint density at radius 2 is 1.29 bits per heavy atom. The van der Waals surface area contributed by atoms with Crippen LogP contribution < -0.4 is 10.6 Å². The van der Waals surface area contributed by atoms with E-state index in [0.717, 1.165) is 12.8 Å². The second-order valence-corrected chi connectivity index (χ2v) is 7.24. The third kappa shape index (κ3) is 8.55. The molecule has 0 saturated carbocycles. The van der Waals surface area contributed by atoms with Crippen molar-refractivity contribution in [1.82, 2.24) is 10.6 Å². The van der Waals surface area contributed by atoms with Crippen molar-refractivity contribution in [3.8, 4) is 0 Å². The van der Waals surface area contributed by atoms with Gasteiger partial charge in [-0.15, -0.1) is 0 Å². The highest BCUT2D eigenvalue weighted by Gasteiger charge is 2.33. The van der Waals surface area contributed by atoms with E-state index in [4.69, 9.17) is 8.85 Å². The second-order valence-electron chi connectivity index (χ2n) is 4.03. The summed E-state index contributed by atoms with van der Waals surface area (Å²) in [6, 6.07) is 0. The van der Waals surface area contributed by atoms with Crippen LogP contribution in [-0.4, -0.2) is 33.8 Å². The van der Waals surface area contributed by atoms with Gasteiger partial charge < -0.3 is 19.5 Å². The molecule has 0 bridgehead atoms. The van der Waals surface area contributed by atoms with Crippen molar-refractivity contribution in [3.05, 3.63) is 0 Å². The number of hydrogen-bond acceptors (Lipinski definition) is 4. The molecule has 0 fully saturated rings. The first-order valence-corrected chi connectivity index (χ1v) is 8.66. The number of rotatable bonds is 6. The monoisotopic (exact) mass is 262 g/mol. The Morgan fingerprint density at radius 3 is 1.59 bits per heavy atom. The maximum absolute atomic E-state index is 11.3. The molecule has 7 heteroatoms. The molecule has 6 nitrogen and oxygen atoms in total. The molecule has 0 unspecified atom stereocenters. The SMILES string of the molecule is CCCNC(=O)O[Si](C)(C)OC(=O)NCCC. The first-order chi connectivity index (χ1) is 7.91. The lowest BCUT2D eigenvalue weighted by molar-refractivity contribution is 0.165. The predicted octanol–water partition coefficient (Wildman–Crippen LogP) is 1.96. The molecule has 0 aliphatic heterocycles. The van der Waals surface area contributed by atoms with Crippen LogP contribution in [-0.2, 0) is 8.85 Å². The summed E-state index contributed by atoms with van der Waals surface area (Å²) < 4.78 is 10.2. The first-order valence-electron chi connectivity index (χ1n) is 5.85. The lowest BCUT2D eigenvalue weighted by atomic mass is 10.5. The molecule has 17 heavy (non-hydrogen) atoms. The van der Waals surface area contributed by atoms with Gasteiger partial charge in [-0.25, -0.2) is 9.59 Å². The zero-order valence-electron chi connectivity index (χ0n) is 11.0. The van der Waals surface area contributed by atoms with Crippen LogP contribution in [0.15, 0.2) is 0 Å². The second kappa shape index (κ2) is 7.94. The van der Waals surface area contributed by atoms with Crippen LogP contribution in [0, 0.1) is 0 Å². The number of amides is 2. The topological polar surface area (TPSA) is 76.7 Å². The molecule has 0 radical (unpaired) electrons. The summed E-state index contributed by atoms with van der Waals surface area (Å²) in [5.74, 6) is 0. The molecule has 2 amide bonds. The maximum Gasteiger partial charge on any atom is 0.460 e. The summed E-state index contributed by atoms with van der Waals surface area (Å²) in [4.78, 5) is 22.6. The van der Waals surface area contributed by atoms with Crippen LogP contribution >= 0.6 is 0 Å². The van der Waals surface area contributed by atoms with Crippen molar-refractivity contribution < 1.29 is 18.4 Å². The van der Waals surface area contributed by atoms with Gasteiger partial charge in [0.15, 0.2) is 0 Å². The summed E-state index contributed by atoms with van der Waals surface area (Å²) >= 11 is 0. The van der Waals surface area contributed by atoms with Crippen LogP contribution in [0.4, 0.5) is 9.59 Å². The highest BCUT2D eigenvalue weighted by atomic mass is 28.4. The van der Waals surface area contributed by atoms with E-state index in [9.17, 15) is 9.59 Å². The fraction of sp³-hybridized carbons (Fsp3) is 0.800. The van der Waals surface area contributed by atoms with E-state index in [1.54, 1.807) is 13.1 Å². The van der Waals surface area contributed by atoms with Gasteiger partial charge in [0.2, 0.25) is 0 Å². The molecule has 0 spiro atoms. The first kappa shape index (κ1) is 15.8. The van der Waals surface area contributed by atoms with E-state index in [0.29, 0.717) is 13.1 Å². The smallest absolute Gasteiger partial charge is 0.460 e. The van der Waals surface area contributed by atoms with Gasteiger partial charge in [-0.05, 0) is 12.8 Å². The summed E-state index contributed by atoms with van der Waals surface area (Å²) in [7, 11) is -2.75. The number of hydrogen-bond donors (Lipinski definition) is 2. The summed E-state index contributed by atoms with van der Waals surface area (Å²) in [5.41, 5.74) is 0. The van der Waals surface area contributed by atoms with Crippen LogP contribution in [0.1, 0.15) is 26.7 Å². The molecule has 2 N–H and O–H groups in total. The van der Waals surface area contributed by atoms with E-state index < -0.39 is 20.7 Å². The van der Waals surface area contributed by atoms with Crippen molar-refractivity contribution in [2.75, 3.05) is 13.1 Å². The van der Waals surface area contributed by atoms with Gasteiger partial charge in [-0.2, -0.15) is 0 Å². The fourth-order valence-corrected chi connectivity index (χ4v) is 2.07. The average Bonchev–Trinajstić information content (AvgIpc) is 2.22. The minimum Gasteiger partial charge on any atom is -0.469 e. The largest absolute Gasteiger partial charge is 0.469 e. The molecule has 0 aromatic heterocycles. The number of nitrogens with one attached hydrogen (secondary N) is 2. The van der Waals surface area contributed by atoms with Gasteiger partial charge in [0.05, 0.1) is 0 Å². The van der Waals surface area contributed by atoms with E-state index in [1.165, 1.54) is 0 Å². The Kier molecular flexibility index (Phi) is 7.36. The minimum absolute atomic E-state index is 0.535. The molecule has 0 aromatic rings. The lowest BCUT2D eigenvalue weighted by Gasteiger charge is -2.22. The van der Waals surface area contributed by atoms with Crippen molar-refractivity contribution >= 4 is 20.7 Å². The van der Waals surface area contributed by atoms with Crippen LogP contribution in [0.5, 0.6) is 0 Å². The zero-order chi connectivity index (χ0) is 13.3. The van der Waals surface area contributed by atoms with Crippen molar-refractivity contribution in [3.63, 3.8) is 0 Å². The average molecular weight is 262 g/mol. The van der Waals surface area contributed by atoms with Crippen molar-refractivity contribution in [2.24, 2.45) is 0 Å². The van der Waals surface area contributed by atoms with Crippen LogP contribution in [0.25, 0.3) is 0 Å². The maximum atomic E-state index is 11.3. The van der Waals surface area contributed by atoms with E-state index in [2.05, 4.69) is 10.6 Å². The molecule has 0 aliphatic rings. The van der Waals surface area contributed by atoms with Gasteiger partial charge in [0, 0.05) is 26.2 Å².